The molecule has 0 bridgehead atoms. The van der Waals surface area contributed by atoms with Crippen LogP contribution < -0.4 is 16.0 Å². The van der Waals surface area contributed by atoms with Gasteiger partial charge in [-0.1, -0.05) is 11.6 Å². The number of amides is 4. The first kappa shape index (κ1) is 29.7. The first-order chi connectivity index (χ1) is 20.6. The predicted octanol–water partition coefficient (Wildman–Crippen LogP) is 4.61. The van der Waals surface area contributed by atoms with Crippen LogP contribution in [0.15, 0.2) is 54.9 Å². The molecule has 1 aromatic heterocycles. The molecule has 2 aromatic carbocycles. The predicted molar refractivity (Wildman–Crippen MR) is 151 cm³/mol. The zero-order valence-electron chi connectivity index (χ0n) is 22.8. The van der Waals surface area contributed by atoms with Crippen molar-refractivity contribution >= 4 is 47.0 Å². The van der Waals surface area contributed by atoms with Crippen LogP contribution in [-0.2, 0) is 26.3 Å². The van der Waals surface area contributed by atoms with Crippen molar-refractivity contribution in [3.05, 3.63) is 88.2 Å². The lowest BCUT2D eigenvalue weighted by Crippen LogP contribution is -2.58. The van der Waals surface area contributed by atoms with Crippen LogP contribution in [0.2, 0.25) is 5.02 Å². The van der Waals surface area contributed by atoms with Crippen molar-refractivity contribution in [3.8, 4) is 0 Å². The van der Waals surface area contributed by atoms with E-state index in [4.69, 9.17) is 16.3 Å². The smallest absolute Gasteiger partial charge is 0.412 e. The molecule has 14 heteroatoms. The minimum atomic E-state index is -1.53. The minimum Gasteiger partial charge on any atom is -0.453 e. The molecule has 1 saturated heterocycles. The largest absolute Gasteiger partial charge is 0.453 e. The van der Waals surface area contributed by atoms with E-state index in [1.165, 1.54) is 60.7 Å². The highest BCUT2D eigenvalue weighted by Crippen LogP contribution is 2.45. The van der Waals surface area contributed by atoms with E-state index < -0.39 is 47.3 Å². The number of rotatable bonds is 6. The maximum Gasteiger partial charge on any atom is 0.412 e. The van der Waals surface area contributed by atoms with Crippen LogP contribution in [0.25, 0.3) is 0 Å². The average Bonchev–Trinajstić information content (AvgIpc) is 2.99. The number of ether oxygens (including phenoxy) is 2. The highest BCUT2D eigenvalue weighted by atomic mass is 35.5. The van der Waals surface area contributed by atoms with Gasteiger partial charge in [0.05, 0.1) is 36.1 Å². The molecule has 0 saturated carbocycles. The van der Waals surface area contributed by atoms with Crippen molar-refractivity contribution < 1.29 is 37.4 Å². The number of methoxy groups -OCH3 is 1. The monoisotopic (exact) mass is 613 g/mol. The van der Waals surface area contributed by atoms with E-state index in [0.717, 1.165) is 6.20 Å². The number of hydrogen-bond donors (Lipinski definition) is 3. The third-order valence-electron chi connectivity index (χ3n) is 7.30. The summed E-state index contributed by atoms with van der Waals surface area (Å²) in [6.45, 7) is -0.00915. The van der Waals surface area contributed by atoms with E-state index in [1.807, 2.05) is 0 Å². The zero-order chi connectivity index (χ0) is 30.7. The zero-order valence-corrected chi connectivity index (χ0v) is 23.5. The number of benzene rings is 2. The molecule has 3 heterocycles. The Morgan fingerprint density at radius 3 is 2.67 bits per heavy atom. The molecule has 0 radical (unpaired) electrons. The number of nitrogens with zero attached hydrogens (tertiary/aromatic N) is 2. The van der Waals surface area contributed by atoms with Gasteiger partial charge in [-0.25, -0.2) is 18.4 Å². The average molecular weight is 614 g/mol. The fraction of sp³-hybridized carbons (Fsp3) is 0.276. The second kappa shape index (κ2) is 12.2. The van der Waals surface area contributed by atoms with Gasteiger partial charge in [0.1, 0.15) is 11.9 Å². The summed E-state index contributed by atoms with van der Waals surface area (Å²) >= 11 is 6.06. The molecule has 2 aliphatic rings. The third kappa shape index (κ3) is 6.21. The van der Waals surface area contributed by atoms with Gasteiger partial charge in [0.25, 0.3) is 5.91 Å². The molecule has 3 aromatic rings. The van der Waals surface area contributed by atoms with Crippen molar-refractivity contribution in [1.29, 1.82) is 0 Å². The molecule has 43 heavy (non-hydrogen) atoms. The van der Waals surface area contributed by atoms with Crippen LogP contribution in [-0.4, -0.2) is 60.1 Å². The van der Waals surface area contributed by atoms with E-state index in [1.54, 1.807) is 0 Å². The Labute approximate surface area is 249 Å². The highest BCUT2D eigenvalue weighted by Gasteiger charge is 2.49. The van der Waals surface area contributed by atoms with Crippen molar-refractivity contribution in [3.63, 3.8) is 0 Å². The van der Waals surface area contributed by atoms with Crippen LogP contribution in [0.3, 0.4) is 0 Å². The van der Waals surface area contributed by atoms with Crippen molar-refractivity contribution in [2.24, 2.45) is 0 Å². The lowest BCUT2D eigenvalue weighted by Gasteiger charge is -2.45. The van der Waals surface area contributed by atoms with Crippen LogP contribution in [0.4, 0.5) is 29.7 Å². The van der Waals surface area contributed by atoms with E-state index in [9.17, 15) is 23.6 Å². The van der Waals surface area contributed by atoms with E-state index in [-0.39, 0.29) is 53.3 Å². The fourth-order valence-corrected chi connectivity index (χ4v) is 5.44. The summed E-state index contributed by atoms with van der Waals surface area (Å²) in [5.74, 6) is -2.67. The van der Waals surface area contributed by atoms with E-state index >= 15 is 4.39 Å². The summed E-state index contributed by atoms with van der Waals surface area (Å²) < 4.78 is 40.1. The summed E-state index contributed by atoms with van der Waals surface area (Å²) in [7, 11) is 1.21. The van der Waals surface area contributed by atoms with Crippen molar-refractivity contribution in [2.45, 2.75) is 30.9 Å². The molecule has 0 aliphatic carbocycles. The number of carbonyl (C=O) groups is 4. The lowest BCUT2D eigenvalue weighted by molar-refractivity contribution is -0.141. The Hall–Kier alpha value is -4.78. The topological polar surface area (TPSA) is 139 Å². The quantitative estimate of drug-likeness (QED) is 0.369. The van der Waals surface area contributed by atoms with Crippen LogP contribution in [0.1, 0.15) is 34.3 Å². The molecule has 2 aliphatic heterocycles. The Bertz CT molecular complexity index is 1590. The summed E-state index contributed by atoms with van der Waals surface area (Å²) in [5.41, 5.74) is -0.650. The van der Waals surface area contributed by atoms with E-state index in [0.29, 0.717) is 12.1 Å². The Kier molecular flexibility index (Phi) is 8.44. The molecule has 11 nitrogen and oxygen atoms in total. The molecule has 5 rings (SSSR count). The first-order valence-electron chi connectivity index (χ1n) is 13.2. The number of likely N-dealkylation sites (tertiary alicyclic amines) is 1. The molecule has 3 N–H and O–H groups in total. The molecular formula is C29H26ClF2N5O6. The molecule has 2 atom stereocenters. The van der Waals surface area contributed by atoms with Gasteiger partial charge in [-0.05, 0) is 60.9 Å². The number of pyridine rings is 1. The van der Waals surface area contributed by atoms with Crippen molar-refractivity contribution in [2.75, 3.05) is 30.8 Å². The summed E-state index contributed by atoms with van der Waals surface area (Å²) in [6.07, 6.45) is 1.20. The van der Waals surface area contributed by atoms with Gasteiger partial charge in [-0.2, -0.15) is 0 Å². The minimum absolute atomic E-state index is 0.0264. The second-order valence-corrected chi connectivity index (χ2v) is 10.5. The molecule has 4 amide bonds. The standard InChI is InChI=1S/C29H26ClF2N5O6/c1-42-27(40)34-18-5-3-16(4-6-18)25(38)35-22(13-17-9-11-33-14-20(17)31)26(39)37-12-2-10-29(15-37)23-21(36-28(41)43-29)8-7-19(30)24(23)32/h3-9,11,14,22H,2,10,12-13,15H2,1H3,(H,34,40)(H,35,38)(H,36,41)/t22-,29-/m0/s1. The second-order valence-electron chi connectivity index (χ2n) is 10.0. The number of aromatic nitrogens is 1. The van der Waals surface area contributed by atoms with E-state index in [2.05, 4.69) is 25.7 Å². The van der Waals surface area contributed by atoms with Gasteiger partial charge in [0.15, 0.2) is 11.4 Å². The maximum absolute atomic E-state index is 15.3. The summed E-state index contributed by atoms with van der Waals surface area (Å²) in [6, 6.07) is 8.73. The number of halogens is 3. The SMILES string of the molecule is COC(=O)Nc1ccc(C(=O)N[C@@H](Cc2ccncc2F)C(=O)N2CCC[C@@]3(C2)OC(=O)Nc2ccc(Cl)c(F)c23)cc1. The summed E-state index contributed by atoms with van der Waals surface area (Å²) in [5, 5.41) is 7.44. The molecule has 224 valence electrons. The number of hydrogen-bond acceptors (Lipinski definition) is 7. The van der Waals surface area contributed by atoms with Crippen LogP contribution in [0.5, 0.6) is 0 Å². The van der Waals surface area contributed by atoms with Gasteiger partial charge >= 0.3 is 12.2 Å². The van der Waals surface area contributed by atoms with Gasteiger partial charge < -0.3 is 19.7 Å². The number of piperidine rings is 1. The number of nitrogens with one attached hydrogen (secondary N) is 3. The number of fused-ring (bicyclic) bond motifs is 2. The molecule has 1 spiro atoms. The molecule has 0 unspecified atom stereocenters. The normalized spacial score (nSPS) is 18.1. The number of anilines is 2. The Morgan fingerprint density at radius 2 is 1.95 bits per heavy atom. The highest BCUT2D eigenvalue weighted by molar-refractivity contribution is 6.31. The Morgan fingerprint density at radius 1 is 1.19 bits per heavy atom. The maximum atomic E-state index is 15.3. The molecular weight excluding hydrogens is 588 g/mol. The van der Waals surface area contributed by atoms with Gasteiger partial charge in [0.2, 0.25) is 5.91 Å². The summed E-state index contributed by atoms with van der Waals surface area (Å²) in [4.78, 5) is 56.3. The first-order valence-corrected chi connectivity index (χ1v) is 13.6. The van der Waals surface area contributed by atoms with Crippen LogP contribution >= 0.6 is 11.6 Å². The molecule has 1 fully saturated rings. The third-order valence-corrected chi connectivity index (χ3v) is 7.60. The van der Waals surface area contributed by atoms with Gasteiger partial charge in [-0.3, -0.25) is 25.2 Å². The van der Waals surface area contributed by atoms with Gasteiger partial charge in [0, 0.05) is 30.4 Å². The number of carbonyl (C=O) groups excluding carboxylic acids is 4. The Balaban J connectivity index is 1.42. The lowest BCUT2D eigenvalue weighted by atomic mass is 9.82. The van der Waals surface area contributed by atoms with Crippen LogP contribution in [0, 0.1) is 11.6 Å². The van der Waals surface area contributed by atoms with Crippen molar-refractivity contribution in [1.82, 2.24) is 15.2 Å². The fourth-order valence-electron chi connectivity index (χ4n) is 5.29. The van der Waals surface area contributed by atoms with Gasteiger partial charge in [-0.15, -0.1) is 0 Å².